The summed E-state index contributed by atoms with van der Waals surface area (Å²) in [6.45, 7) is 11.4. The molecule has 0 amide bonds. The lowest BCUT2D eigenvalue weighted by atomic mass is 10.0. The summed E-state index contributed by atoms with van der Waals surface area (Å²) in [6, 6.07) is 6.27. The summed E-state index contributed by atoms with van der Waals surface area (Å²) < 4.78 is 7.03. The Morgan fingerprint density at radius 2 is 2.06 bits per heavy atom. The van der Waals surface area contributed by atoms with Crippen molar-refractivity contribution in [2.24, 2.45) is 0 Å². The van der Waals surface area contributed by atoms with Crippen LogP contribution in [-0.2, 0) is 4.74 Å². The van der Waals surface area contributed by atoms with E-state index in [4.69, 9.17) is 4.74 Å². The Labute approximate surface area is 118 Å². The Kier molecular flexibility index (Phi) is 3.36. The number of benzene rings is 1. The van der Waals surface area contributed by atoms with E-state index in [2.05, 4.69) is 66.0 Å². The number of anilines is 2. The van der Waals surface area contributed by atoms with E-state index in [1.165, 1.54) is 5.69 Å². The number of fused-ring (bicyclic) bond motifs is 1. The van der Waals surface area contributed by atoms with E-state index in [1.54, 1.807) is 0 Å². The van der Waals surface area contributed by atoms with Gasteiger partial charge in [-0.05, 0) is 45.9 Å². The highest BCUT2D eigenvalue weighted by atomic mass is 79.9. The largest absolute Gasteiger partial charge is 0.339 e. The molecule has 4 heteroatoms. The van der Waals surface area contributed by atoms with Gasteiger partial charge in [-0.25, -0.2) is 0 Å². The van der Waals surface area contributed by atoms with Gasteiger partial charge in [0.05, 0.1) is 11.4 Å². The summed E-state index contributed by atoms with van der Waals surface area (Å²) in [5.41, 5.74) is 2.26. The maximum atomic E-state index is 5.95. The fraction of sp³-hybridized carbons (Fsp3) is 0.571. The number of halogens is 1. The van der Waals surface area contributed by atoms with Crippen molar-refractivity contribution in [3.8, 4) is 0 Å². The van der Waals surface area contributed by atoms with Crippen LogP contribution >= 0.6 is 15.9 Å². The zero-order valence-electron chi connectivity index (χ0n) is 11.7. The second kappa shape index (κ2) is 4.42. The standard InChI is InChI=1S/C14H21BrN2O/c1-6-18-14(5)16-11-8-7-10(15)9-12(11)17(14)13(2,3)4/h7-9,16H,6H2,1-5H3/t14-/m1/s1. The highest BCUT2D eigenvalue weighted by Gasteiger charge is 2.45. The number of hydrogen-bond acceptors (Lipinski definition) is 3. The van der Waals surface area contributed by atoms with Crippen LogP contribution in [0.3, 0.4) is 0 Å². The third-order valence-electron chi connectivity index (χ3n) is 3.09. The summed E-state index contributed by atoms with van der Waals surface area (Å²) in [5.74, 6) is -0.490. The van der Waals surface area contributed by atoms with Gasteiger partial charge in [-0.2, -0.15) is 0 Å². The lowest BCUT2D eigenvalue weighted by molar-refractivity contribution is -0.0113. The Balaban J connectivity index is 2.52. The normalized spacial score (nSPS) is 22.9. The van der Waals surface area contributed by atoms with E-state index in [0.29, 0.717) is 6.61 Å². The first-order valence-electron chi connectivity index (χ1n) is 6.30. The van der Waals surface area contributed by atoms with E-state index in [1.807, 2.05) is 13.0 Å². The summed E-state index contributed by atoms with van der Waals surface area (Å²) >= 11 is 3.54. The lowest BCUT2D eigenvalue weighted by Gasteiger charge is -2.44. The zero-order chi connectivity index (χ0) is 13.6. The molecule has 100 valence electrons. The molecule has 1 atom stereocenters. The third-order valence-corrected chi connectivity index (χ3v) is 3.58. The van der Waals surface area contributed by atoms with Crippen LogP contribution in [0.5, 0.6) is 0 Å². The van der Waals surface area contributed by atoms with Crippen molar-refractivity contribution in [1.82, 2.24) is 0 Å². The summed E-state index contributed by atoms with van der Waals surface area (Å²) in [6.07, 6.45) is 0. The van der Waals surface area contributed by atoms with E-state index >= 15 is 0 Å². The van der Waals surface area contributed by atoms with Gasteiger partial charge in [0, 0.05) is 23.5 Å². The molecule has 3 nitrogen and oxygen atoms in total. The van der Waals surface area contributed by atoms with Gasteiger partial charge >= 0.3 is 0 Å². The van der Waals surface area contributed by atoms with Crippen LogP contribution in [0, 0.1) is 0 Å². The molecule has 1 N–H and O–H groups in total. The molecule has 1 aliphatic rings. The monoisotopic (exact) mass is 312 g/mol. The van der Waals surface area contributed by atoms with E-state index in [0.717, 1.165) is 10.2 Å². The van der Waals surface area contributed by atoms with Crippen LogP contribution in [0.2, 0.25) is 0 Å². The first-order valence-corrected chi connectivity index (χ1v) is 7.09. The van der Waals surface area contributed by atoms with Crippen LogP contribution in [0.15, 0.2) is 22.7 Å². The molecule has 0 saturated carbocycles. The van der Waals surface area contributed by atoms with Gasteiger partial charge in [0.2, 0.25) is 5.85 Å². The molecule has 0 saturated heterocycles. The predicted octanol–water partition coefficient (Wildman–Crippen LogP) is 4.19. The van der Waals surface area contributed by atoms with Gasteiger partial charge in [0.15, 0.2) is 0 Å². The first-order chi connectivity index (χ1) is 8.28. The number of nitrogens with zero attached hydrogens (tertiary/aromatic N) is 1. The fourth-order valence-electron chi connectivity index (χ4n) is 2.71. The van der Waals surface area contributed by atoms with E-state index in [9.17, 15) is 0 Å². The molecule has 0 radical (unpaired) electrons. The molecule has 0 fully saturated rings. The Morgan fingerprint density at radius 1 is 1.39 bits per heavy atom. The zero-order valence-corrected chi connectivity index (χ0v) is 13.3. The van der Waals surface area contributed by atoms with Gasteiger partial charge < -0.3 is 15.0 Å². The highest BCUT2D eigenvalue weighted by Crippen LogP contribution is 2.45. The van der Waals surface area contributed by atoms with Crippen molar-refractivity contribution in [3.63, 3.8) is 0 Å². The van der Waals surface area contributed by atoms with Crippen LogP contribution in [0.1, 0.15) is 34.6 Å². The van der Waals surface area contributed by atoms with Gasteiger partial charge in [-0.3, -0.25) is 0 Å². The summed E-state index contributed by atoms with van der Waals surface area (Å²) in [7, 11) is 0. The van der Waals surface area contributed by atoms with Crippen LogP contribution in [0.25, 0.3) is 0 Å². The second-order valence-corrected chi connectivity index (χ2v) is 6.62. The molecule has 0 spiro atoms. The van der Waals surface area contributed by atoms with Crippen molar-refractivity contribution in [2.75, 3.05) is 16.8 Å². The van der Waals surface area contributed by atoms with Crippen molar-refractivity contribution < 1.29 is 4.74 Å². The molecule has 18 heavy (non-hydrogen) atoms. The SMILES string of the molecule is CCO[C@]1(C)Nc2ccc(Br)cc2N1C(C)(C)C. The molecular weight excluding hydrogens is 292 g/mol. The van der Waals surface area contributed by atoms with Gasteiger partial charge in [0.1, 0.15) is 0 Å². The number of nitrogens with one attached hydrogen (secondary N) is 1. The van der Waals surface area contributed by atoms with Crippen LogP contribution in [0.4, 0.5) is 11.4 Å². The van der Waals surface area contributed by atoms with Crippen molar-refractivity contribution in [3.05, 3.63) is 22.7 Å². The second-order valence-electron chi connectivity index (χ2n) is 5.71. The number of rotatable bonds is 2. The molecule has 0 bridgehead atoms. The molecule has 1 aromatic carbocycles. The third kappa shape index (κ3) is 2.24. The van der Waals surface area contributed by atoms with E-state index in [-0.39, 0.29) is 5.54 Å². The topological polar surface area (TPSA) is 24.5 Å². The molecule has 1 aromatic rings. The van der Waals surface area contributed by atoms with Crippen molar-refractivity contribution in [1.29, 1.82) is 0 Å². The lowest BCUT2D eigenvalue weighted by Crippen LogP contribution is -2.58. The maximum absolute atomic E-state index is 5.95. The molecular formula is C14H21BrN2O. The van der Waals surface area contributed by atoms with Crippen molar-refractivity contribution >= 4 is 27.3 Å². The quantitative estimate of drug-likeness (QED) is 0.886. The Morgan fingerprint density at radius 3 is 2.61 bits per heavy atom. The van der Waals surface area contributed by atoms with Crippen LogP contribution in [-0.4, -0.2) is 18.0 Å². The first kappa shape index (κ1) is 13.7. The van der Waals surface area contributed by atoms with Gasteiger partial charge in [0.25, 0.3) is 0 Å². The Bertz CT molecular complexity index is 456. The van der Waals surface area contributed by atoms with Crippen LogP contribution < -0.4 is 10.2 Å². The average molecular weight is 313 g/mol. The fourth-order valence-corrected chi connectivity index (χ4v) is 3.06. The molecule has 0 unspecified atom stereocenters. The molecule has 1 aliphatic heterocycles. The summed E-state index contributed by atoms with van der Waals surface area (Å²) in [5, 5.41) is 3.48. The number of hydrogen-bond donors (Lipinski definition) is 1. The minimum absolute atomic E-state index is 0.0248. The minimum atomic E-state index is -0.490. The minimum Gasteiger partial charge on any atom is -0.339 e. The van der Waals surface area contributed by atoms with Gasteiger partial charge in [-0.15, -0.1) is 0 Å². The molecule has 0 aromatic heterocycles. The Hall–Kier alpha value is -0.740. The van der Waals surface area contributed by atoms with Gasteiger partial charge in [-0.1, -0.05) is 15.9 Å². The van der Waals surface area contributed by atoms with E-state index < -0.39 is 5.85 Å². The highest BCUT2D eigenvalue weighted by molar-refractivity contribution is 9.10. The average Bonchev–Trinajstić information content (AvgIpc) is 2.49. The molecule has 0 aliphatic carbocycles. The number of ether oxygens (including phenoxy) is 1. The van der Waals surface area contributed by atoms with Crippen molar-refractivity contribution in [2.45, 2.75) is 46.0 Å². The maximum Gasteiger partial charge on any atom is 0.216 e. The molecule has 1 heterocycles. The smallest absolute Gasteiger partial charge is 0.216 e. The molecule has 2 rings (SSSR count). The predicted molar refractivity (Wildman–Crippen MR) is 80.0 cm³/mol. The summed E-state index contributed by atoms with van der Waals surface area (Å²) in [4.78, 5) is 2.30.